The summed E-state index contributed by atoms with van der Waals surface area (Å²) in [5, 5.41) is 8.07. The van der Waals surface area contributed by atoms with E-state index in [2.05, 4.69) is 10.2 Å². The second-order valence-corrected chi connectivity index (χ2v) is 8.54. The lowest BCUT2D eigenvalue weighted by Gasteiger charge is -2.34. The number of halogens is 1. The minimum Gasteiger partial charge on any atom is -0.336 e. The van der Waals surface area contributed by atoms with Crippen molar-refractivity contribution in [1.29, 1.82) is 0 Å². The zero-order valence-electron chi connectivity index (χ0n) is 14.2. The van der Waals surface area contributed by atoms with E-state index in [-0.39, 0.29) is 23.9 Å². The number of pyridine rings is 1. The molecular weight excluding hydrogens is 390 g/mol. The predicted octanol–water partition coefficient (Wildman–Crippen LogP) is 1.53. The number of benzene rings is 1. The molecule has 140 valence electrons. The SMILES string of the molecule is O=C(c1ccc2nncn2c1)N1CCN(S(=O)(=O)c2cccc(Cl)c2)CC1. The maximum absolute atomic E-state index is 12.7. The molecule has 1 aromatic carbocycles. The molecule has 1 aliphatic rings. The fraction of sp³-hybridized carbons (Fsp3) is 0.235. The molecule has 0 spiro atoms. The largest absolute Gasteiger partial charge is 0.336 e. The van der Waals surface area contributed by atoms with Gasteiger partial charge in [0.05, 0.1) is 10.5 Å². The van der Waals surface area contributed by atoms with Gasteiger partial charge < -0.3 is 4.90 Å². The second kappa shape index (κ2) is 6.91. The molecule has 27 heavy (non-hydrogen) atoms. The van der Waals surface area contributed by atoms with Crippen LogP contribution < -0.4 is 0 Å². The Morgan fingerprint density at radius 2 is 1.85 bits per heavy atom. The first-order chi connectivity index (χ1) is 12.9. The number of hydrogen-bond acceptors (Lipinski definition) is 5. The molecule has 1 saturated heterocycles. The molecule has 8 nitrogen and oxygen atoms in total. The van der Waals surface area contributed by atoms with Gasteiger partial charge >= 0.3 is 0 Å². The Labute approximate surface area is 161 Å². The van der Waals surface area contributed by atoms with Gasteiger partial charge in [-0.25, -0.2) is 8.42 Å². The fourth-order valence-corrected chi connectivity index (χ4v) is 4.77. The van der Waals surface area contributed by atoms with Crippen molar-refractivity contribution in [3.05, 3.63) is 59.5 Å². The van der Waals surface area contributed by atoms with Crippen LogP contribution in [-0.2, 0) is 10.0 Å². The number of carbonyl (C=O) groups is 1. The molecule has 3 aromatic rings. The van der Waals surface area contributed by atoms with Crippen molar-refractivity contribution in [3.8, 4) is 0 Å². The Hall–Kier alpha value is -2.49. The normalized spacial score (nSPS) is 16.0. The summed E-state index contributed by atoms with van der Waals surface area (Å²) in [6.07, 6.45) is 3.20. The van der Waals surface area contributed by atoms with Crippen LogP contribution in [0, 0.1) is 0 Å². The van der Waals surface area contributed by atoms with Gasteiger partial charge in [-0.1, -0.05) is 17.7 Å². The molecule has 3 heterocycles. The number of sulfonamides is 1. The van der Waals surface area contributed by atoms with Crippen molar-refractivity contribution in [2.24, 2.45) is 0 Å². The highest BCUT2D eigenvalue weighted by Gasteiger charge is 2.30. The highest BCUT2D eigenvalue weighted by Crippen LogP contribution is 2.21. The Morgan fingerprint density at radius 3 is 2.59 bits per heavy atom. The summed E-state index contributed by atoms with van der Waals surface area (Å²) in [6.45, 7) is 1.10. The quantitative estimate of drug-likeness (QED) is 0.659. The van der Waals surface area contributed by atoms with Crippen LogP contribution in [0.4, 0.5) is 0 Å². The minimum absolute atomic E-state index is 0.148. The van der Waals surface area contributed by atoms with E-state index >= 15 is 0 Å². The summed E-state index contributed by atoms with van der Waals surface area (Å²) in [6, 6.07) is 9.61. The van der Waals surface area contributed by atoms with Crippen LogP contribution >= 0.6 is 11.6 Å². The number of aromatic nitrogens is 3. The van der Waals surface area contributed by atoms with Crippen LogP contribution in [0.25, 0.3) is 5.65 Å². The van der Waals surface area contributed by atoms with Crippen LogP contribution in [0.2, 0.25) is 5.02 Å². The average Bonchev–Trinajstić information content (AvgIpc) is 3.15. The van der Waals surface area contributed by atoms with E-state index in [0.717, 1.165) is 0 Å². The summed E-state index contributed by atoms with van der Waals surface area (Å²) in [5.74, 6) is -0.148. The molecular formula is C17H16ClN5O3S. The molecule has 1 aliphatic heterocycles. The molecule has 0 unspecified atom stereocenters. The zero-order chi connectivity index (χ0) is 19.0. The van der Waals surface area contributed by atoms with Crippen LogP contribution in [0.3, 0.4) is 0 Å². The summed E-state index contributed by atoms with van der Waals surface area (Å²) in [7, 11) is -3.63. The number of hydrogen-bond donors (Lipinski definition) is 0. The average molecular weight is 406 g/mol. The van der Waals surface area contributed by atoms with Crippen molar-refractivity contribution >= 4 is 33.2 Å². The third-order valence-corrected chi connectivity index (χ3v) is 6.63. The van der Waals surface area contributed by atoms with E-state index in [1.165, 1.54) is 22.8 Å². The molecule has 0 bridgehead atoms. The Kier molecular flexibility index (Phi) is 4.58. The maximum atomic E-state index is 12.7. The van der Waals surface area contributed by atoms with Gasteiger partial charge in [0.2, 0.25) is 10.0 Å². The molecule has 0 aliphatic carbocycles. The summed E-state index contributed by atoms with van der Waals surface area (Å²) < 4.78 is 28.6. The molecule has 4 rings (SSSR count). The Balaban J connectivity index is 1.47. The third-order valence-electron chi connectivity index (χ3n) is 4.50. The minimum atomic E-state index is -3.63. The van der Waals surface area contributed by atoms with Crippen molar-refractivity contribution in [1.82, 2.24) is 23.8 Å². The van der Waals surface area contributed by atoms with Gasteiger partial charge in [0.1, 0.15) is 6.33 Å². The molecule has 10 heteroatoms. The molecule has 0 atom stereocenters. The highest BCUT2D eigenvalue weighted by atomic mass is 35.5. The summed E-state index contributed by atoms with van der Waals surface area (Å²) in [5.41, 5.74) is 1.16. The van der Waals surface area contributed by atoms with Crippen molar-refractivity contribution < 1.29 is 13.2 Å². The number of carbonyl (C=O) groups excluding carboxylic acids is 1. The summed E-state index contributed by atoms with van der Waals surface area (Å²) in [4.78, 5) is 14.5. The fourth-order valence-electron chi connectivity index (χ4n) is 3.04. The Bertz CT molecular complexity index is 1110. The van der Waals surface area contributed by atoms with Gasteiger partial charge in [-0.3, -0.25) is 9.20 Å². The topological polar surface area (TPSA) is 87.9 Å². The van der Waals surface area contributed by atoms with Crippen molar-refractivity contribution in [2.75, 3.05) is 26.2 Å². The lowest BCUT2D eigenvalue weighted by molar-refractivity contribution is 0.0697. The number of rotatable bonds is 3. The van der Waals surface area contributed by atoms with Gasteiger partial charge in [0.25, 0.3) is 5.91 Å². The molecule has 0 radical (unpaired) electrons. The third kappa shape index (κ3) is 3.41. The first kappa shape index (κ1) is 17.9. The molecule has 2 aromatic heterocycles. The van der Waals surface area contributed by atoms with Crippen molar-refractivity contribution in [3.63, 3.8) is 0 Å². The number of fused-ring (bicyclic) bond motifs is 1. The molecule has 0 saturated carbocycles. The van der Waals surface area contributed by atoms with E-state index in [1.54, 1.807) is 39.8 Å². The Morgan fingerprint density at radius 1 is 1.07 bits per heavy atom. The second-order valence-electron chi connectivity index (χ2n) is 6.17. The van der Waals surface area contributed by atoms with Crippen LogP contribution in [0.5, 0.6) is 0 Å². The monoisotopic (exact) mass is 405 g/mol. The maximum Gasteiger partial charge on any atom is 0.255 e. The van der Waals surface area contributed by atoms with Crippen LogP contribution in [0.1, 0.15) is 10.4 Å². The van der Waals surface area contributed by atoms with Gasteiger partial charge in [-0.05, 0) is 30.3 Å². The first-order valence-corrected chi connectivity index (χ1v) is 10.1. The molecule has 1 fully saturated rings. The number of amides is 1. The lowest BCUT2D eigenvalue weighted by Crippen LogP contribution is -2.50. The van der Waals surface area contributed by atoms with E-state index in [1.807, 2.05) is 0 Å². The highest BCUT2D eigenvalue weighted by molar-refractivity contribution is 7.89. The van der Waals surface area contributed by atoms with E-state index in [0.29, 0.717) is 29.3 Å². The van der Waals surface area contributed by atoms with E-state index in [9.17, 15) is 13.2 Å². The van der Waals surface area contributed by atoms with Crippen molar-refractivity contribution in [2.45, 2.75) is 4.90 Å². The zero-order valence-corrected chi connectivity index (χ0v) is 15.8. The number of nitrogens with zero attached hydrogens (tertiary/aromatic N) is 5. The van der Waals surface area contributed by atoms with Crippen LogP contribution in [0.15, 0.2) is 53.8 Å². The lowest BCUT2D eigenvalue weighted by atomic mass is 10.2. The first-order valence-electron chi connectivity index (χ1n) is 8.29. The van der Waals surface area contributed by atoms with Gasteiger partial charge in [0.15, 0.2) is 5.65 Å². The van der Waals surface area contributed by atoms with E-state index in [4.69, 9.17) is 11.6 Å². The molecule has 1 amide bonds. The summed E-state index contributed by atoms with van der Waals surface area (Å²) >= 11 is 5.91. The van der Waals surface area contributed by atoms with Gasteiger partial charge in [-0.15, -0.1) is 10.2 Å². The van der Waals surface area contributed by atoms with Crippen LogP contribution in [-0.4, -0.2) is 64.3 Å². The van der Waals surface area contributed by atoms with E-state index < -0.39 is 10.0 Å². The predicted molar refractivity (Wildman–Crippen MR) is 99.1 cm³/mol. The van der Waals surface area contributed by atoms with Gasteiger partial charge in [0, 0.05) is 37.4 Å². The smallest absolute Gasteiger partial charge is 0.255 e. The van der Waals surface area contributed by atoms with Gasteiger partial charge in [-0.2, -0.15) is 4.31 Å². The number of piperazine rings is 1. The molecule has 0 N–H and O–H groups in total. The standard InChI is InChI=1S/C17H16ClN5O3S/c18-14-2-1-3-15(10-14)27(25,26)23-8-6-21(7-9-23)17(24)13-4-5-16-20-19-12-22(16)11-13/h1-5,10-12H,6-9H2.